The molecule has 0 atom stereocenters. The van der Waals surface area contributed by atoms with Crippen LogP contribution in [0.3, 0.4) is 0 Å². The molecule has 0 aliphatic heterocycles. The molecule has 0 N–H and O–H groups in total. The molecule has 12 aromatic rings. The molecule has 0 unspecified atom stereocenters. The molecule has 57 heavy (non-hydrogen) atoms. The van der Waals surface area contributed by atoms with Gasteiger partial charge in [0.2, 0.25) is 0 Å². The van der Waals surface area contributed by atoms with E-state index in [1.165, 1.54) is 91.1 Å². The molecule has 266 valence electrons. The number of benzene rings is 10. The van der Waals surface area contributed by atoms with Crippen molar-refractivity contribution < 1.29 is 0 Å². The SMILES string of the molecule is c1ccc(N(c2ccc3c4ccc5ccccc5c4n(-c4ccc(-c5cccc6ccccc56)cc4)c3c2)c2cccc3sc4c5ccccc5ccc4c23)cc1. The first kappa shape index (κ1) is 32.1. The molecule has 3 heteroatoms. The number of hydrogen-bond donors (Lipinski definition) is 0. The van der Waals surface area contributed by atoms with Gasteiger partial charge < -0.3 is 9.47 Å². The smallest absolute Gasteiger partial charge is 0.0619 e. The van der Waals surface area contributed by atoms with Gasteiger partial charge in [-0.2, -0.15) is 0 Å². The van der Waals surface area contributed by atoms with Crippen LogP contribution in [0.1, 0.15) is 0 Å². The second-order valence-corrected chi connectivity index (χ2v) is 15.9. The maximum absolute atomic E-state index is 2.49. The summed E-state index contributed by atoms with van der Waals surface area (Å²) in [6, 6.07) is 75.7. The van der Waals surface area contributed by atoms with Crippen molar-refractivity contribution in [1.29, 1.82) is 0 Å². The zero-order valence-electron chi connectivity index (χ0n) is 30.9. The highest BCUT2D eigenvalue weighted by Gasteiger charge is 2.22. The van der Waals surface area contributed by atoms with E-state index in [1.807, 2.05) is 11.3 Å². The summed E-state index contributed by atoms with van der Waals surface area (Å²) in [7, 11) is 0. The lowest BCUT2D eigenvalue weighted by atomic mass is 9.98. The molecule has 0 radical (unpaired) electrons. The van der Waals surface area contributed by atoms with Gasteiger partial charge in [-0.05, 0) is 86.6 Å². The van der Waals surface area contributed by atoms with Crippen LogP contribution in [-0.4, -0.2) is 4.57 Å². The molecule has 0 spiro atoms. The summed E-state index contributed by atoms with van der Waals surface area (Å²) >= 11 is 1.89. The van der Waals surface area contributed by atoms with Crippen molar-refractivity contribution in [3.8, 4) is 16.8 Å². The summed E-state index contributed by atoms with van der Waals surface area (Å²) in [6.07, 6.45) is 0. The van der Waals surface area contributed by atoms with Crippen LogP contribution in [0, 0.1) is 0 Å². The molecule has 0 aliphatic rings. The van der Waals surface area contributed by atoms with Crippen molar-refractivity contribution in [2.45, 2.75) is 0 Å². The molecule has 0 amide bonds. The van der Waals surface area contributed by atoms with E-state index in [4.69, 9.17) is 0 Å². The van der Waals surface area contributed by atoms with Gasteiger partial charge in [0.05, 0.1) is 16.7 Å². The van der Waals surface area contributed by atoms with E-state index < -0.39 is 0 Å². The monoisotopic (exact) mass is 742 g/mol. The predicted molar refractivity (Wildman–Crippen MR) is 246 cm³/mol. The van der Waals surface area contributed by atoms with Crippen molar-refractivity contribution in [1.82, 2.24) is 4.57 Å². The van der Waals surface area contributed by atoms with E-state index in [2.05, 4.69) is 216 Å². The van der Waals surface area contributed by atoms with Crippen molar-refractivity contribution in [3.63, 3.8) is 0 Å². The van der Waals surface area contributed by atoms with Crippen LogP contribution in [0.2, 0.25) is 0 Å². The Morgan fingerprint density at radius 3 is 1.84 bits per heavy atom. The topological polar surface area (TPSA) is 8.17 Å². The summed E-state index contributed by atoms with van der Waals surface area (Å²) in [5, 5.41) is 12.6. The number of para-hydroxylation sites is 1. The number of hydrogen-bond acceptors (Lipinski definition) is 2. The standard InChI is InChI=1S/C54H34N2S/c1-2-16-39(17-3-1)55(49-22-11-23-51-52(49)48-32-27-37-14-6-9-20-45(37)54(48)57-51)41-30-33-46-47-31-26-36-13-5-8-19-44(36)53(47)56(50(46)34-41)40-28-24-38(25-29-40)43-21-10-15-35-12-4-7-18-42(35)43/h1-34H. The molecule has 0 bridgehead atoms. The van der Waals surface area contributed by atoms with Crippen LogP contribution in [0.4, 0.5) is 17.1 Å². The van der Waals surface area contributed by atoms with Crippen LogP contribution >= 0.6 is 11.3 Å². The van der Waals surface area contributed by atoms with Gasteiger partial charge in [-0.15, -0.1) is 11.3 Å². The van der Waals surface area contributed by atoms with Gasteiger partial charge in [0.15, 0.2) is 0 Å². The Morgan fingerprint density at radius 2 is 1.04 bits per heavy atom. The molecule has 12 rings (SSSR count). The van der Waals surface area contributed by atoms with Gasteiger partial charge in [-0.1, -0.05) is 158 Å². The predicted octanol–water partition coefficient (Wildman–Crippen LogP) is 15.7. The number of rotatable bonds is 5. The molecule has 2 nitrogen and oxygen atoms in total. The summed E-state index contributed by atoms with van der Waals surface area (Å²) in [5.41, 5.74) is 9.40. The minimum atomic E-state index is 1.11. The van der Waals surface area contributed by atoms with Gasteiger partial charge in [0.25, 0.3) is 0 Å². The van der Waals surface area contributed by atoms with Crippen LogP contribution in [0.25, 0.3) is 91.1 Å². The average molecular weight is 743 g/mol. The van der Waals surface area contributed by atoms with Gasteiger partial charge in [-0.3, -0.25) is 0 Å². The average Bonchev–Trinajstić information content (AvgIpc) is 3.83. The fraction of sp³-hybridized carbons (Fsp3) is 0. The Kier molecular flexibility index (Phi) is 7.13. The second kappa shape index (κ2) is 12.7. The summed E-state index contributed by atoms with van der Waals surface area (Å²) in [5.74, 6) is 0. The number of anilines is 3. The van der Waals surface area contributed by atoms with Crippen LogP contribution < -0.4 is 4.90 Å². The Hall–Kier alpha value is -7.20. The lowest BCUT2D eigenvalue weighted by Crippen LogP contribution is -2.10. The van der Waals surface area contributed by atoms with E-state index >= 15 is 0 Å². The normalized spacial score (nSPS) is 11.9. The van der Waals surface area contributed by atoms with E-state index in [0.29, 0.717) is 0 Å². The van der Waals surface area contributed by atoms with Crippen LogP contribution in [0.5, 0.6) is 0 Å². The van der Waals surface area contributed by atoms with Gasteiger partial charge in [0, 0.05) is 53.4 Å². The zero-order valence-corrected chi connectivity index (χ0v) is 31.7. The Morgan fingerprint density at radius 1 is 0.404 bits per heavy atom. The number of fused-ring (bicyclic) bond motifs is 11. The first-order valence-electron chi connectivity index (χ1n) is 19.5. The molecule has 0 aliphatic carbocycles. The fourth-order valence-corrected chi connectivity index (χ4v) is 10.4. The van der Waals surface area contributed by atoms with Gasteiger partial charge in [-0.25, -0.2) is 0 Å². The summed E-state index contributed by atoms with van der Waals surface area (Å²) in [4.78, 5) is 2.45. The molecule has 0 saturated heterocycles. The molecule has 0 saturated carbocycles. The highest BCUT2D eigenvalue weighted by atomic mass is 32.1. The highest BCUT2D eigenvalue weighted by Crippen LogP contribution is 2.48. The summed E-state index contributed by atoms with van der Waals surface area (Å²) < 4.78 is 5.10. The molecular formula is C54H34N2S. The third kappa shape index (κ3) is 4.96. The largest absolute Gasteiger partial charge is 0.310 e. The van der Waals surface area contributed by atoms with E-state index in [0.717, 1.165) is 17.1 Å². The Labute approximate surface area is 333 Å². The number of thiophene rings is 1. The third-order valence-electron chi connectivity index (χ3n) is 11.7. The zero-order chi connectivity index (χ0) is 37.5. The van der Waals surface area contributed by atoms with Gasteiger partial charge >= 0.3 is 0 Å². The first-order valence-corrected chi connectivity index (χ1v) is 20.3. The quantitative estimate of drug-likeness (QED) is 0.170. The maximum Gasteiger partial charge on any atom is 0.0619 e. The minimum absolute atomic E-state index is 1.11. The van der Waals surface area contributed by atoms with Crippen molar-refractivity contribution in [3.05, 3.63) is 206 Å². The molecule has 0 fully saturated rings. The molecular weight excluding hydrogens is 709 g/mol. The first-order chi connectivity index (χ1) is 28.3. The summed E-state index contributed by atoms with van der Waals surface area (Å²) in [6.45, 7) is 0. The Bertz CT molecular complexity index is 3520. The molecule has 2 heterocycles. The van der Waals surface area contributed by atoms with Crippen molar-refractivity contribution in [2.75, 3.05) is 4.90 Å². The lowest BCUT2D eigenvalue weighted by molar-refractivity contribution is 1.18. The van der Waals surface area contributed by atoms with E-state index in [9.17, 15) is 0 Å². The maximum atomic E-state index is 2.49. The van der Waals surface area contributed by atoms with E-state index in [1.54, 1.807) is 0 Å². The second-order valence-electron chi connectivity index (χ2n) is 14.9. The lowest BCUT2D eigenvalue weighted by Gasteiger charge is -2.26. The molecule has 10 aromatic carbocycles. The molecule has 2 aromatic heterocycles. The van der Waals surface area contributed by atoms with Crippen molar-refractivity contribution >= 4 is 103 Å². The van der Waals surface area contributed by atoms with Gasteiger partial charge in [0.1, 0.15) is 0 Å². The van der Waals surface area contributed by atoms with Crippen molar-refractivity contribution in [2.24, 2.45) is 0 Å². The minimum Gasteiger partial charge on any atom is -0.310 e. The highest BCUT2D eigenvalue weighted by molar-refractivity contribution is 7.26. The van der Waals surface area contributed by atoms with Crippen LogP contribution in [-0.2, 0) is 0 Å². The number of nitrogens with zero attached hydrogens (tertiary/aromatic N) is 2. The Balaban J connectivity index is 1.11. The third-order valence-corrected chi connectivity index (χ3v) is 12.9. The number of aromatic nitrogens is 1. The van der Waals surface area contributed by atoms with Crippen LogP contribution in [0.15, 0.2) is 206 Å². The van der Waals surface area contributed by atoms with E-state index in [-0.39, 0.29) is 0 Å². The fourth-order valence-electron chi connectivity index (χ4n) is 9.17.